The van der Waals surface area contributed by atoms with Crippen LogP contribution in [0.3, 0.4) is 0 Å². The fraction of sp³-hybridized carbons (Fsp3) is 0.579. The van der Waals surface area contributed by atoms with Gasteiger partial charge in [0.05, 0.1) is 12.1 Å². The van der Waals surface area contributed by atoms with Crippen molar-refractivity contribution in [2.45, 2.75) is 69.3 Å². The summed E-state index contributed by atoms with van der Waals surface area (Å²) in [7, 11) is 0. The van der Waals surface area contributed by atoms with Crippen molar-refractivity contribution in [2.75, 3.05) is 10.6 Å². The molecular formula is C19H23F3N6O. The lowest BCUT2D eigenvalue weighted by Gasteiger charge is -2.18. The van der Waals surface area contributed by atoms with E-state index >= 15 is 0 Å². The molecule has 2 aromatic rings. The first-order chi connectivity index (χ1) is 13.9. The average Bonchev–Trinajstić information content (AvgIpc) is 3.33. The Morgan fingerprint density at radius 2 is 1.59 bits per heavy atom. The predicted molar refractivity (Wildman–Crippen MR) is 101 cm³/mol. The first kappa shape index (κ1) is 19.8. The van der Waals surface area contributed by atoms with Gasteiger partial charge in [-0.1, -0.05) is 18.9 Å². The van der Waals surface area contributed by atoms with Crippen molar-refractivity contribution >= 4 is 11.9 Å². The zero-order chi connectivity index (χ0) is 20.4. The number of anilines is 2. The molecule has 7 nitrogen and oxygen atoms in total. The third-order valence-electron chi connectivity index (χ3n) is 5.39. The second kappa shape index (κ2) is 8.10. The molecule has 0 amide bonds. The smallest absolute Gasteiger partial charge is 0.391 e. The Hall–Kier alpha value is -2.49. The number of aliphatic hydroxyl groups excluding tert-OH is 1. The molecule has 4 rings (SSSR count). The molecule has 0 aromatic carbocycles. The minimum atomic E-state index is -4.55. The lowest BCUT2D eigenvalue weighted by atomic mass is 10.2. The lowest BCUT2D eigenvalue weighted by Crippen LogP contribution is -2.29. The number of rotatable bonds is 5. The van der Waals surface area contributed by atoms with Gasteiger partial charge in [-0.2, -0.15) is 28.1 Å². The highest BCUT2D eigenvalue weighted by molar-refractivity contribution is 5.54. The predicted octanol–water partition coefficient (Wildman–Crippen LogP) is 3.63. The summed E-state index contributed by atoms with van der Waals surface area (Å²) in [6.45, 7) is 0. The van der Waals surface area contributed by atoms with Crippen LogP contribution in [0.1, 0.15) is 50.6 Å². The molecule has 2 fully saturated rings. The molecule has 0 aliphatic heterocycles. The molecule has 0 radical (unpaired) electrons. The van der Waals surface area contributed by atoms with Gasteiger partial charge in [-0.05, 0) is 44.2 Å². The van der Waals surface area contributed by atoms with E-state index in [1.807, 2.05) is 0 Å². The van der Waals surface area contributed by atoms with E-state index in [9.17, 15) is 18.3 Å². The van der Waals surface area contributed by atoms with Gasteiger partial charge in [-0.25, -0.2) is 4.98 Å². The molecule has 0 bridgehead atoms. The number of hydrogen-bond donors (Lipinski definition) is 3. The Labute approximate surface area is 166 Å². The number of halogens is 3. The van der Waals surface area contributed by atoms with Gasteiger partial charge < -0.3 is 15.7 Å². The highest BCUT2D eigenvalue weighted by atomic mass is 19.4. The van der Waals surface area contributed by atoms with Crippen LogP contribution in [0.4, 0.5) is 25.1 Å². The molecule has 0 saturated heterocycles. The lowest BCUT2D eigenvalue weighted by molar-refractivity contribution is -0.141. The molecule has 10 heteroatoms. The summed E-state index contributed by atoms with van der Waals surface area (Å²) in [5.74, 6) is 0.582. The van der Waals surface area contributed by atoms with Crippen LogP contribution in [-0.4, -0.2) is 43.2 Å². The van der Waals surface area contributed by atoms with Crippen molar-refractivity contribution in [2.24, 2.45) is 0 Å². The minimum Gasteiger partial charge on any atom is -0.391 e. The molecule has 0 unspecified atom stereocenters. The third kappa shape index (κ3) is 4.75. The molecule has 156 valence electrons. The van der Waals surface area contributed by atoms with Gasteiger partial charge in [0.1, 0.15) is 11.4 Å². The largest absolute Gasteiger partial charge is 0.433 e. The fourth-order valence-electron chi connectivity index (χ4n) is 3.86. The van der Waals surface area contributed by atoms with E-state index in [0.717, 1.165) is 44.6 Å². The highest BCUT2D eigenvalue weighted by Gasteiger charge is 2.33. The van der Waals surface area contributed by atoms with E-state index in [0.29, 0.717) is 12.4 Å². The average molecular weight is 408 g/mol. The van der Waals surface area contributed by atoms with Crippen molar-refractivity contribution in [3.63, 3.8) is 0 Å². The van der Waals surface area contributed by atoms with Crippen LogP contribution >= 0.6 is 0 Å². The van der Waals surface area contributed by atoms with E-state index in [2.05, 4.69) is 30.6 Å². The van der Waals surface area contributed by atoms with E-state index < -0.39 is 18.0 Å². The normalized spacial score (nSPS) is 22.8. The zero-order valence-corrected chi connectivity index (χ0v) is 15.8. The Bertz CT molecular complexity index is 856. The number of aromatic nitrogens is 4. The summed E-state index contributed by atoms with van der Waals surface area (Å²) >= 11 is 0. The number of pyridine rings is 1. The van der Waals surface area contributed by atoms with E-state index in [4.69, 9.17) is 0 Å². The fourth-order valence-corrected chi connectivity index (χ4v) is 3.86. The maximum atomic E-state index is 13.1. The molecule has 0 spiro atoms. The monoisotopic (exact) mass is 408 g/mol. The van der Waals surface area contributed by atoms with Crippen molar-refractivity contribution < 1.29 is 18.3 Å². The Balaban J connectivity index is 1.67. The highest BCUT2D eigenvalue weighted by Crippen LogP contribution is 2.30. The number of nitrogens with zero attached hydrogens (tertiary/aromatic N) is 4. The number of nitrogens with one attached hydrogen (secondary N) is 2. The molecule has 2 atom stereocenters. The first-order valence-corrected chi connectivity index (χ1v) is 9.90. The van der Waals surface area contributed by atoms with Crippen LogP contribution < -0.4 is 10.6 Å². The Morgan fingerprint density at radius 3 is 2.24 bits per heavy atom. The molecule has 2 aliphatic carbocycles. The second-order valence-electron chi connectivity index (χ2n) is 7.59. The third-order valence-corrected chi connectivity index (χ3v) is 5.39. The van der Waals surface area contributed by atoms with Crippen molar-refractivity contribution in [1.29, 1.82) is 0 Å². The number of aliphatic hydroxyl groups is 1. The van der Waals surface area contributed by atoms with Gasteiger partial charge in [0.2, 0.25) is 11.9 Å². The van der Waals surface area contributed by atoms with Crippen LogP contribution in [0.25, 0.3) is 11.5 Å². The zero-order valence-electron chi connectivity index (χ0n) is 15.8. The van der Waals surface area contributed by atoms with Crippen LogP contribution in [-0.2, 0) is 6.18 Å². The van der Waals surface area contributed by atoms with Crippen LogP contribution in [0.2, 0.25) is 0 Å². The molecule has 2 aliphatic rings. The van der Waals surface area contributed by atoms with E-state index in [1.54, 1.807) is 0 Å². The summed E-state index contributed by atoms with van der Waals surface area (Å²) in [4.78, 5) is 16.7. The Morgan fingerprint density at radius 1 is 0.862 bits per heavy atom. The van der Waals surface area contributed by atoms with Gasteiger partial charge in [-0.15, -0.1) is 0 Å². The molecule has 2 saturated carbocycles. The quantitative estimate of drug-likeness (QED) is 0.695. The van der Waals surface area contributed by atoms with Crippen molar-refractivity contribution in [1.82, 2.24) is 19.9 Å². The van der Waals surface area contributed by atoms with E-state index in [-0.39, 0.29) is 29.6 Å². The number of hydrogen-bond acceptors (Lipinski definition) is 7. The van der Waals surface area contributed by atoms with Crippen LogP contribution in [0.15, 0.2) is 18.2 Å². The molecule has 2 heterocycles. The second-order valence-corrected chi connectivity index (χ2v) is 7.59. The molecule has 3 N–H and O–H groups in total. The van der Waals surface area contributed by atoms with Gasteiger partial charge in [-0.3, -0.25) is 0 Å². The summed E-state index contributed by atoms with van der Waals surface area (Å²) in [6.07, 6.45) is 1.51. The Kier molecular flexibility index (Phi) is 5.53. The minimum absolute atomic E-state index is 0.0201. The summed E-state index contributed by atoms with van der Waals surface area (Å²) in [5.41, 5.74) is -0.979. The van der Waals surface area contributed by atoms with Crippen LogP contribution in [0, 0.1) is 0 Å². The summed E-state index contributed by atoms with van der Waals surface area (Å²) < 4.78 is 39.2. The van der Waals surface area contributed by atoms with Gasteiger partial charge in [0.15, 0.2) is 5.82 Å². The maximum absolute atomic E-state index is 13.1. The van der Waals surface area contributed by atoms with Crippen LogP contribution in [0.5, 0.6) is 0 Å². The van der Waals surface area contributed by atoms with Gasteiger partial charge in [0.25, 0.3) is 0 Å². The van der Waals surface area contributed by atoms with E-state index in [1.165, 1.54) is 12.1 Å². The summed E-state index contributed by atoms with van der Waals surface area (Å²) in [5, 5.41) is 16.4. The maximum Gasteiger partial charge on any atom is 0.433 e. The van der Waals surface area contributed by atoms with Gasteiger partial charge >= 0.3 is 6.18 Å². The van der Waals surface area contributed by atoms with Crippen molar-refractivity contribution in [3.8, 4) is 11.5 Å². The number of alkyl halides is 3. The summed E-state index contributed by atoms with van der Waals surface area (Å²) in [6, 6.07) is 3.67. The SMILES string of the molecule is O[C@@H]1CCC[C@@H]1Nc1nc(NC2CCCC2)nc(-c2cccc(C(F)(F)F)n2)n1. The molecular weight excluding hydrogens is 385 g/mol. The first-order valence-electron chi connectivity index (χ1n) is 9.90. The topological polar surface area (TPSA) is 95.8 Å². The molecule has 2 aromatic heterocycles. The molecule has 29 heavy (non-hydrogen) atoms. The standard InChI is InChI=1S/C19H23F3N6O/c20-19(21,22)15-10-4-8-13(24-15)16-26-17(23-11-5-1-2-6-11)28-18(27-16)25-12-7-3-9-14(12)29/h4,8,10-12,14,29H,1-3,5-7,9H2,(H2,23,25,26,27,28)/t12-,14+/m0/s1. The van der Waals surface area contributed by atoms with Crippen molar-refractivity contribution in [3.05, 3.63) is 23.9 Å². The van der Waals surface area contributed by atoms with Gasteiger partial charge in [0, 0.05) is 6.04 Å².